The van der Waals surface area contributed by atoms with Gasteiger partial charge in [-0.3, -0.25) is 28.3 Å². The van der Waals surface area contributed by atoms with Crippen molar-refractivity contribution in [1.82, 2.24) is 0 Å². The second-order valence-corrected chi connectivity index (χ2v) is 17.7. The first-order chi connectivity index (χ1) is 27.7. The van der Waals surface area contributed by atoms with Crippen molar-refractivity contribution in [3.8, 4) is 0 Å². The van der Waals surface area contributed by atoms with Crippen LogP contribution in [0.25, 0.3) is 0 Å². The van der Waals surface area contributed by atoms with E-state index in [1.807, 2.05) is 0 Å². The highest BCUT2D eigenvalue weighted by Crippen LogP contribution is 2.14. The van der Waals surface area contributed by atoms with Gasteiger partial charge in [0.25, 0.3) is 20.2 Å². The maximum absolute atomic E-state index is 12.3. The minimum atomic E-state index is -4.92. The van der Waals surface area contributed by atoms with Crippen molar-refractivity contribution in [2.75, 3.05) is 52.9 Å². The number of unbranched alkanes of at least 4 members (excludes halogenated alkanes) is 19. The maximum Gasteiger partial charge on any atom is 0.327 e. The molecule has 0 rings (SSSR count). The number of esters is 4. The van der Waals surface area contributed by atoms with Crippen LogP contribution in [-0.2, 0) is 67.8 Å². The summed E-state index contributed by atoms with van der Waals surface area (Å²) in [7, 11) is -9.84. The van der Waals surface area contributed by atoms with Crippen molar-refractivity contribution in [3.05, 3.63) is 0 Å². The van der Waals surface area contributed by atoms with E-state index in [2.05, 4.69) is 13.8 Å². The molecule has 2 N–H and O–H groups in total. The van der Waals surface area contributed by atoms with Gasteiger partial charge in [-0.2, -0.15) is 16.8 Å². The molecule has 0 fully saturated rings. The molecular weight excluding hydrogens is 801 g/mol. The minimum Gasteiger partial charge on any atom is -0.466 e. The first kappa shape index (κ1) is 55.6. The Balaban J connectivity index is 4.06. The van der Waals surface area contributed by atoms with Crippen LogP contribution < -0.4 is 0 Å². The topological polar surface area (TPSA) is 232 Å². The summed E-state index contributed by atoms with van der Waals surface area (Å²) in [4.78, 5) is 48.8. The molecule has 0 amide bonds. The Hall–Kier alpha value is -2.38. The number of hydrogen-bond donors (Lipinski definition) is 2. The van der Waals surface area contributed by atoms with E-state index in [0.717, 1.165) is 38.5 Å². The van der Waals surface area contributed by atoms with Crippen molar-refractivity contribution in [3.63, 3.8) is 0 Å². The van der Waals surface area contributed by atoms with Gasteiger partial charge in [0, 0.05) is 13.2 Å². The SMILES string of the molecule is CCCCCCCCCCCCOC(=O)CC(C(=O)OCCOCCCCOCCOC(=O)C(CC(=O)OCCCCCCCCCCCC)S(=O)(=O)O)S(=O)(=O)O. The summed E-state index contributed by atoms with van der Waals surface area (Å²) in [6, 6.07) is 0. The molecule has 16 nitrogen and oxygen atoms in total. The van der Waals surface area contributed by atoms with Gasteiger partial charge in [-0.05, 0) is 25.7 Å². The van der Waals surface area contributed by atoms with Crippen molar-refractivity contribution in [2.45, 2.75) is 178 Å². The van der Waals surface area contributed by atoms with E-state index in [0.29, 0.717) is 25.7 Å². The molecule has 0 aromatic carbocycles. The van der Waals surface area contributed by atoms with E-state index in [4.69, 9.17) is 28.4 Å². The lowest BCUT2D eigenvalue weighted by molar-refractivity contribution is -0.151. The van der Waals surface area contributed by atoms with E-state index in [1.165, 1.54) is 77.0 Å². The number of ether oxygens (including phenoxy) is 6. The van der Waals surface area contributed by atoms with Crippen molar-refractivity contribution >= 4 is 44.1 Å². The molecule has 58 heavy (non-hydrogen) atoms. The van der Waals surface area contributed by atoms with Crippen molar-refractivity contribution in [2.24, 2.45) is 0 Å². The van der Waals surface area contributed by atoms with Crippen LogP contribution in [0.3, 0.4) is 0 Å². The second kappa shape index (κ2) is 36.5. The first-order valence-corrected chi connectivity index (χ1v) is 24.5. The summed E-state index contributed by atoms with van der Waals surface area (Å²) >= 11 is 0. The molecule has 0 heterocycles. The number of carbonyl (C=O) groups excluding carboxylic acids is 4. The molecule has 0 aromatic heterocycles. The molecule has 0 spiro atoms. The number of rotatable bonds is 41. The van der Waals surface area contributed by atoms with Gasteiger partial charge in [-0.1, -0.05) is 129 Å². The summed E-state index contributed by atoms with van der Waals surface area (Å²) < 4.78 is 96.4. The lowest BCUT2D eigenvalue weighted by Crippen LogP contribution is -2.35. The molecule has 0 aliphatic rings. The average molecular weight is 875 g/mol. The zero-order chi connectivity index (χ0) is 43.3. The molecule has 0 aliphatic heterocycles. The molecule has 2 unspecified atom stereocenters. The van der Waals surface area contributed by atoms with Crippen LogP contribution in [0, 0.1) is 0 Å². The van der Waals surface area contributed by atoms with E-state index >= 15 is 0 Å². The van der Waals surface area contributed by atoms with Gasteiger partial charge in [0.15, 0.2) is 10.5 Å². The minimum absolute atomic E-state index is 0.0777. The predicted octanol–water partition coefficient (Wildman–Crippen LogP) is 7.11. The van der Waals surface area contributed by atoms with Crippen LogP contribution in [0.2, 0.25) is 0 Å². The molecule has 0 saturated heterocycles. The monoisotopic (exact) mass is 874 g/mol. The zero-order valence-electron chi connectivity index (χ0n) is 35.2. The molecule has 0 aromatic rings. The fourth-order valence-corrected chi connectivity index (χ4v) is 7.11. The van der Waals surface area contributed by atoms with Gasteiger partial charge < -0.3 is 28.4 Å². The van der Waals surface area contributed by atoms with E-state index in [9.17, 15) is 45.1 Å². The molecule has 0 radical (unpaired) electrons. The van der Waals surface area contributed by atoms with Crippen LogP contribution >= 0.6 is 0 Å². The largest absolute Gasteiger partial charge is 0.466 e. The summed E-state index contributed by atoms with van der Waals surface area (Å²) in [5.74, 6) is -4.44. The van der Waals surface area contributed by atoms with Crippen LogP contribution in [0.5, 0.6) is 0 Å². The Labute approximate surface area is 348 Å². The summed E-state index contributed by atoms with van der Waals surface area (Å²) in [6.45, 7) is 4.21. The predicted molar refractivity (Wildman–Crippen MR) is 218 cm³/mol. The third-order valence-electron chi connectivity index (χ3n) is 9.24. The number of carbonyl (C=O) groups is 4. The Bertz CT molecular complexity index is 1190. The highest BCUT2D eigenvalue weighted by Gasteiger charge is 2.36. The molecule has 0 aliphatic carbocycles. The lowest BCUT2D eigenvalue weighted by Gasteiger charge is -2.13. The zero-order valence-corrected chi connectivity index (χ0v) is 36.8. The summed E-state index contributed by atoms with van der Waals surface area (Å²) in [6.07, 6.45) is 21.2. The third-order valence-corrected chi connectivity index (χ3v) is 11.4. The molecule has 0 bridgehead atoms. The van der Waals surface area contributed by atoms with Gasteiger partial charge in [-0.25, -0.2) is 0 Å². The first-order valence-electron chi connectivity index (χ1n) is 21.5. The highest BCUT2D eigenvalue weighted by molar-refractivity contribution is 7.87. The van der Waals surface area contributed by atoms with Crippen LogP contribution in [-0.4, -0.2) is 113 Å². The average Bonchev–Trinajstić information content (AvgIpc) is 3.16. The van der Waals surface area contributed by atoms with Gasteiger partial charge in [0.1, 0.15) is 13.2 Å². The fraction of sp³-hybridized carbons (Fsp3) is 0.900. The van der Waals surface area contributed by atoms with Crippen LogP contribution in [0.15, 0.2) is 0 Å². The number of hydrogen-bond acceptors (Lipinski definition) is 14. The molecular formula is C40H74O16S2. The summed E-state index contributed by atoms with van der Waals surface area (Å²) in [5, 5.41) is -4.22. The van der Waals surface area contributed by atoms with E-state index < -0.39 is 67.5 Å². The molecule has 342 valence electrons. The third kappa shape index (κ3) is 33.5. The van der Waals surface area contributed by atoms with Crippen LogP contribution in [0.1, 0.15) is 168 Å². The van der Waals surface area contributed by atoms with Crippen molar-refractivity contribution < 1.29 is 73.5 Å². The van der Waals surface area contributed by atoms with Crippen molar-refractivity contribution in [1.29, 1.82) is 0 Å². The van der Waals surface area contributed by atoms with Gasteiger partial charge in [0.05, 0.1) is 39.3 Å². The Kier molecular flexibility index (Phi) is 35.0. The van der Waals surface area contributed by atoms with Gasteiger partial charge in [-0.15, -0.1) is 0 Å². The standard InChI is InChI=1S/C40H74O16S2/c1-3-5-7-9-11-13-15-17-19-21-27-53-37(41)33-35(57(45,46)47)39(43)55-31-29-51-25-23-24-26-52-30-32-56-40(44)36(58(48,49)50)34-38(42)54-28-22-20-18-16-14-12-10-8-6-4-2/h35-36H,3-34H2,1-2H3,(H,45,46,47)(H,48,49,50). The fourth-order valence-electron chi connectivity index (χ4n) is 5.79. The Morgan fingerprint density at radius 2 is 0.655 bits per heavy atom. The molecule has 0 saturated carbocycles. The van der Waals surface area contributed by atoms with Gasteiger partial charge in [0.2, 0.25) is 0 Å². The normalized spacial score (nSPS) is 12.8. The van der Waals surface area contributed by atoms with E-state index in [-0.39, 0.29) is 52.9 Å². The smallest absolute Gasteiger partial charge is 0.327 e. The maximum atomic E-state index is 12.3. The second-order valence-electron chi connectivity index (χ2n) is 14.5. The quantitative estimate of drug-likeness (QED) is 0.0270. The van der Waals surface area contributed by atoms with Gasteiger partial charge >= 0.3 is 23.9 Å². The highest BCUT2D eigenvalue weighted by atomic mass is 32.2. The molecule has 18 heteroatoms. The summed E-state index contributed by atoms with van der Waals surface area (Å²) in [5.41, 5.74) is 0. The van der Waals surface area contributed by atoms with E-state index in [1.54, 1.807) is 0 Å². The van der Waals surface area contributed by atoms with Crippen LogP contribution in [0.4, 0.5) is 0 Å². The lowest BCUT2D eigenvalue weighted by atomic mass is 10.1. The molecule has 2 atom stereocenters. The Morgan fingerprint density at radius 3 is 0.948 bits per heavy atom. The Morgan fingerprint density at radius 1 is 0.379 bits per heavy atom.